The van der Waals surface area contributed by atoms with E-state index in [0.29, 0.717) is 18.9 Å². The molecule has 26 heavy (non-hydrogen) atoms. The number of hydrogen-bond donors (Lipinski definition) is 2. The van der Waals surface area contributed by atoms with Gasteiger partial charge in [-0.3, -0.25) is 4.79 Å². The summed E-state index contributed by atoms with van der Waals surface area (Å²) >= 11 is 0. The van der Waals surface area contributed by atoms with Crippen molar-refractivity contribution in [2.24, 2.45) is 5.73 Å². The third kappa shape index (κ3) is 3.48. The van der Waals surface area contributed by atoms with Gasteiger partial charge < -0.3 is 25.1 Å². The number of methoxy groups -OCH3 is 1. The summed E-state index contributed by atoms with van der Waals surface area (Å²) < 4.78 is 16.0. The first-order chi connectivity index (χ1) is 12.5. The van der Waals surface area contributed by atoms with E-state index in [1.807, 2.05) is 0 Å². The largest absolute Gasteiger partial charge is 0.508 e. The molecule has 0 saturated carbocycles. The average Bonchev–Trinajstić information content (AvgIpc) is 2.65. The maximum atomic E-state index is 12.6. The van der Waals surface area contributed by atoms with Gasteiger partial charge in [0, 0.05) is 12.6 Å². The summed E-state index contributed by atoms with van der Waals surface area (Å²) in [4.78, 5) is 24.5. The summed E-state index contributed by atoms with van der Waals surface area (Å²) in [5.74, 6) is -0.292. The van der Waals surface area contributed by atoms with Gasteiger partial charge in [-0.25, -0.2) is 4.79 Å². The van der Waals surface area contributed by atoms with Crippen molar-refractivity contribution >= 4 is 11.8 Å². The number of esters is 1. The minimum atomic E-state index is -0.700. The number of rotatable bonds is 5. The second kappa shape index (κ2) is 7.45. The van der Waals surface area contributed by atoms with E-state index in [2.05, 4.69) is 4.74 Å². The van der Waals surface area contributed by atoms with E-state index >= 15 is 0 Å². The number of benzene rings is 2. The molecule has 7 heteroatoms. The fourth-order valence-corrected chi connectivity index (χ4v) is 2.86. The minimum Gasteiger partial charge on any atom is -0.508 e. The number of aromatic hydroxyl groups is 1. The molecule has 2 aromatic carbocycles. The number of hydrogen-bond acceptors (Lipinski definition) is 7. The molecule has 0 aromatic heterocycles. The highest BCUT2D eigenvalue weighted by Crippen LogP contribution is 2.39. The lowest BCUT2D eigenvalue weighted by Gasteiger charge is -2.27. The zero-order valence-corrected chi connectivity index (χ0v) is 14.2. The van der Waals surface area contributed by atoms with E-state index in [1.165, 1.54) is 19.2 Å². The number of ketones is 1. The topological polar surface area (TPSA) is 108 Å². The van der Waals surface area contributed by atoms with Crippen molar-refractivity contribution in [1.82, 2.24) is 0 Å². The Hall–Kier alpha value is -3.06. The van der Waals surface area contributed by atoms with Gasteiger partial charge in [0.05, 0.1) is 24.7 Å². The molecule has 0 aliphatic carbocycles. The molecular weight excluding hydrogens is 338 g/mol. The Morgan fingerprint density at radius 3 is 2.69 bits per heavy atom. The molecule has 1 atom stereocenters. The molecule has 7 nitrogen and oxygen atoms in total. The van der Waals surface area contributed by atoms with Crippen LogP contribution in [0.2, 0.25) is 0 Å². The molecule has 3 rings (SSSR count). The molecule has 1 aliphatic rings. The lowest BCUT2D eigenvalue weighted by Crippen LogP contribution is -2.23. The van der Waals surface area contributed by atoms with Gasteiger partial charge in [-0.2, -0.15) is 0 Å². The molecule has 1 unspecified atom stereocenters. The van der Waals surface area contributed by atoms with Gasteiger partial charge in [0.1, 0.15) is 30.0 Å². The highest BCUT2D eigenvalue weighted by molar-refractivity contribution is 6.09. The van der Waals surface area contributed by atoms with Gasteiger partial charge in [-0.05, 0) is 23.8 Å². The van der Waals surface area contributed by atoms with Crippen LogP contribution in [-0.4, -0.2) is 37.1 Å². The third-order valence-electron chi connectivity index (χ3n) is 4.05. The van der Waals surface area contributed by atoms with Crippen LogP contribution in [0.25, 0.3) is 0 Å². The molecule has 136 valence electrons. The van der Waals surface area contributed by atoms with Crippen molar-refractivity contribution in [2.45, 2.75) is 12.5 Å². The number of phenolic OH excluding ortho intramolecular Hbond substituents is 1. The van der Waals surface area contributed by atoms with E-state index in [4.69, 9.17) is 15.2 Å². The number of fused-ring (bicyclic) bond motifs is 1. The monoisotopic (exact) mass is 357 g/mol. The number of phenols is 1. The standard InChI is InChI=1S/C19H19NO6/c1-24-19(23)14-8-12(21)9-17-18(14)15(22)10-16(26-17)11-2-4-13(5-3-11)25-7-6-20/h2-5,8-9,16,21H,6-7,10,20H2,1H3. The molecule has 1 heterocycles. The van der Waals surface area contributed by atoms with E-state index < -0.39 is 12.1 Å². The van der Waals surface area contributed by atoms with Crippen LogP contribution < -0.4 is 15.2 Å². The maximum absolute atomic E-state index is 12.6. The fourth-order valence-electron chi connectivity index (χ4n) is 2.86. The Balaban J connectivity index is 1.89. The summed E-state index contributed by atoms with van der Waals surface area (Å²) in [5.41, 5.74) is 6.32. The Labute approximate surface area is 150 Å². The van der Waals surface area contributed by atoms with Crippen molar-refractivity contribution < 1.29 is 28.9 Å². The molecule has 3 N–H and O–H groups in total. The second-order valence-corrected chi connectivity index (χ2v) is 5.80. The number of carbonyl (C=O) groups excluding carboxylic acids is 2. The molecule has 0 spiro atoms. The summed E-state index contributed by atoms with van der Waals surface area (Å²) in [7, 11) is 1.21. The fraction of sp³-hybridized carbons (Fsp3) is 0.263. The summed E-state index contributed by atoms with van der Waals surface area (Å²) in [6.45, 7) is 0.839. The smallest absolute Gasteiger partial charge is 0.338 e. The number of nitrogens with two attached hydrogens (primary N) is 1. The van der Waals surface area contributed by atoms with Crippen LogP contribution in [0, 0.1) is 0 Å². The first kappa shape index (κ1) is 17.8. The molecule has 1 aliphatic heterocycles. The van der Waals surface area contributed by atoms with Gasteiger partial charge in [0.15, 0.2) is 5.78 Å². The summed E-state index contributed by atoms with van der Waals surface area (Å²) in [6, 6.07) is 9.69. The van der Waals surface area contributed by atoms with Gasteiger partial charge in [0.2, 0.25) is 0 Å². The molecular formula is C19H19NO6. The zero-order valence-electron chi connectivity index (χ0n) is 14.2. The van der Waals surface area contributed by atoms with Crippen LogP contribution in [0.3, 0.4) is 0 Å². The summed E-state index contributed by atoms with van der Waals surface area (Å²) in [6.07, 6.45) is -0.448. The lowest BCUT2D eigenvalue weighted by molar-refractivity contribution is 0.0590. The molecule has 0 fully saturated rings. The van der Waals surface area contributed by atoms with Crippen LogP contribution in [0.5, 0.6) is 17.2 Å². The average molecular weight is 357 g/mol. The first-order valence-corrected chi connectivity index (χ1v) is 8.11. The Bertz CT molecular complexity index is 831. The predicted octanol–water partition coefficient (Wildman–Crippen LogP) is 2.22. The van der Waals surface area contributed by atoms with Gasteiger partial charge in [-0.15, -0.1) is 0 Å². The number of ether oxygens (including phenoxy) is 3. The molecule has 0 radical (unpaired) electrons. The first-order valence-electron chi connectivity index (χ1n) is 8.11. The predicted molar refractivity (Wildman–Crippen MR) is 92.8 cm³/mol. The van der Waals surface area contributed by atoms with Crippen molar-refractivity contribution in [2.75, 3.05) is 20.3 Å². The normalized spacial score (nSPS) is 15.8. The lowest BCUT2D eigenvalue weighted by atomic mass is 9.92. The van der Waals surface area contributed by atoms with Gasteiger partial charge in [-0.1, -0.05) is 12.1 Å². The van der Waals surface area contributed by atoms with E-state index in [9.17, 15) is 14.7 Å². The third-order valence-corrected chi connectivity index (χ3v) is 4.05. The minimum absolute atomic E-state index is 0.00326. The molecule has 2 aromatic rings. The highest BCUT2D eigenvalue weighted by Gasteiger charge is 2.32. The second-order valence-electron chi connectivity index (χ2n) is 5.80. The van der Waals surface area contributed by atoms with E-state index in [-0.39, 0.29) is 34.8 Å². The van der Waals surface area contributed by atoms with Crippen molar-refractivity contribution in [3.8, 4) is 17.2 Å². The Kier molecular flexibility index (Phi) is 5.09. The van der Waals surface area contributed by atoms with Crippen LogP contribution in [-0.2, 0) is 4.74 Å². The van der Waals surface area contributed by atoms with Crippen LogP contribution >= 0.6 is 0 Å². The van der Waals surface area contributed by atoms with Gasteiger partial charge >= 0.3 is 5.97 Å². The zero-order chi connectivity index (χ0) is 18.7. The van der Waals surface area contributed by atoms with Crippen molar-refractivity contribution in [1.29, 1.82) is 0 Å². The van der Waals surface area contributed by atoms with Gasteiger partial charge in [0.25, 0.3) is 0 Å². The Morgan fingerprint density at radius 1 is 1.31 bits per heavy atom. The molecule has 0 amide bonds. The SMILES string of the molecule is COC(=O)c1cc(O)cc2c1C(=O)CC(c1ccc(OCCN)cc1)O2. The number of carbonyl (C=O) groups is 2. The maximum Gasteiger partial charge on any atom is 0.338 e. The van der Waals surface area contributed by atoms with Crippen LogP contribution in [0.4, 0.5) is 0 Å². The van der Waals surface area contributed by atoms with Crippen molar-refractivity contribution in [3.63, 3.8) is 0 Å². The quantitative estimate of drug-likeness (QED) is 0.790. The number of Topliss-reactive ketones (excluding diaryl/α,β-unsaturated/α-hetero) is 1. The van der Waals surface area contributed by atoms with Crippen LogP contribution in [0.1, 0.15) is 38.8 Å². The summed E-state index contributed by atoms with van der Waals surface area (Å²) in [5, 5.41) is 9.85. The molecule has 0 bridgehead atoms. The van der Waals surface area contributed by atoms with Crippen LogP contribution in [0.15, 0.2) is 36.4 Å². The molecule has 0 saturated heterocycles. The Morgan fingerprint density at radius 2 is 2.04 bits per heavy atom. The van der Waals surface area contributed by atoms with E-state index in [1.54, 1.807) is 24.3 Å². The van der Waals surface area contributed by atoms with E-state index in [0.717, 1.165) is 5.56 Å². The highest BCUT2D eigenvalue weighted by atomic mass is 16.5. The van der Waals surface area contributed by atoms with Crippen molar-refractivity contribution in [3.05, 3.63) is 53.1 Å².